The third-order valence-electron chi connectivity index (χ3n) is 2.89. The monoisotopic (exact) mass is 280 g/mol. The molecule has 0 saturated carbocycles. The van der Waals surface area contributed by atoms with Crippen molar-refractivity contribution in [1.29, 1.82) is 0 Å². The molecule has 108 valence electrons. The van der Waals surface area contributed by atoms with E-state index in [0.717, 1.165) is 0 Å². The third-order valence-corrected chi connectivity index (χ3v) is 2.89. The summed E-state index contributed by atoms with van der Waals surface area (Å²) in [7, 11) is 0. The van der Waals surface area contributed by atoms with Crippen molar-refractivity contribution in [2.75, 3.05) is 0 Å². The largest absolute Gasteiger partial charge is 0.480 e. The summed E-state index contributed by atoms with van der Waals surface area (Å²) in [5.74, 6) is -2.26. The number of nitro groups is 1. The first-order valence-electron chi connectivity index (χ1n) is 6.03. The Balaban J connectivity index is 3.15. The van der Waals surface area contributed by atoms with Gasteiger partial charge in [-0.15, -0.1) is 0 Å². The zero-order valence-corrected chi connectivity index (χ0v) is 11.4. The van der Waals surface area contributed by atoms with Crippen LogP contribution in [0.2, 0.25) is 0 Å². The highest BCUT2D eigenvalue weighted by Gasteiger charge is 2.28. The molecule has 0 spiro atoms. The molecule has 0 unspecified atom stereocenters. The molecule has 0 aliphatic heterocycles. The average molecular weight is 280 g/mol. The van der Waals surface area contributed by atoms with Gasteiger partial charge in [0.25, 0.3) is 11.6 Å². The van der Waals surface area contributed by atoms with Crippen molar-refractivity contribution in [2.45, 2.75) is 26.8 Å². The Morgan fingerprint density at radius 1 is 1.35 bits per heavy atom. The Bertz CT molecular complexity index is 554. The molecule has 0 saturated heterocycles. The number of nitrogens with one attached hydrogen (secondary N) is 1. The van der Waals surface area contributed by atoms with Crippen molar-refractivity contribution in [3.63, 3.8) is 0 Å². The normalized spacial score (nSPS) is 12.0. The van der Waals surface area contributed by atoms with Gasteiger partial charge in [0, 0.05) is 6.07 Å². The van der Waals surface area contributed by atoms with E-state index < -0.39 is 22.8 Å². The molecule has 1 rings (SSSR count). The topological polar surface area (TPSA) is 110 Å². The maximum Gasteiger partial charge on any atom is 0.326 e. The molecule has 1 aromatic rings. The van der Waals surface area contributed by atoms with E-state index in [1.807, 2.05) is 0 Å². The van der Waals surface area contributed by atoms with E-state index in [4.69, 9.17) is 5.11 Å². The van der Waals surface area contributed by atoms with E-state index in [-0.39, 0.29) is 17.2 Å². The van der Waals surface area contributed by atoms with E-state index in [2.05, 4.69) is 5.32 Å². The van der Waals surface area contributed by atoms with Crippen LogP contribution in [0.4, 0.5) is 5.69 Å². The lowest BCUT2D eigenvalue weighted by Crippen LogP contribution is -2.44. The number of amides is 1. The molecule has 0 fully saturated rings. The molecule has 0 aliphatic rings. The standard InChI is InChI=1S/C13H16N2O5/c1-7(2)11(13(17)18)14-12(16)10-8(3)5-4-6-9(10)15(19)20/h4-7,11H,1-3H3,(H,14,16)(H,17,18)/t11-/m0/s1. The molecule has 1 aromatic carbocycles. The number of hydrogen-bond donors (Lipinski definition) is 2. The molecule has 2 N–H and O–H groups in total. The van der Waals surface area contributed by atoms with E-state index in [0.29, 0.717) is 5.56 Å². The number of aryl methyl sites for hydroxylation is 1. The van der Waals surface area contributed by atoms with Gasteiger partial charge in [0.15, 0.2) is 0 Å². The number of carbonyl (C=O) groups is 2. The second kappa shape index (κ2) is 6.14. The second-order valence-electron chi connectivity index (χ2n) is 4.76. The minimum absolute atomic E-state index is 0.107. The molecule has 0 heterocycles. The zero-order valence-electron chi connectivity index (χ0n) is 11.4. The van der Waals surface area contributed by atoms with E-state index in [9.17, 15) is 19.7 Å². The molecule has 7 nitrogen and oxygen atoms in total. The Morgan fingerprint density at radius 2 is 1.95 bits per heavy atom. The number of carbonyl (C=O) groups excluding carboxylic acids is 1. The summed E-state index contributed by atoms with van der Waals surface area (Å²) in [5, 5.41) is 22.3. The molecular formula is C13H16N2O5. The van der Waals surface area contributed by atoms with E-state index in [1.165, 1.54) is 12.1 Å². The van der Waals surface area contributed by atoms with E-state index in [1.54, 1.807) is 26.8 Å². The Kier molecular flexibility index (Phi) is 4.79. The van der Waals surface area contributed by atoms with Gasteiger partial charge in [-0.25, -0.2) is 4.79 Å². The first-order chi connectivity index (χ1) is 9.25. The number of hydrogen-bond acceptors (Lipinski definition) is 4. The van der Waals surface area contributed by atoms with Gasteiger partial charge >= 0.3 is 5.97 Å². The minimum atomic E-state index is -1.18. The van der Waals surface area contributed by atoms with Gasteiger partial charge in [-0.2, -0.15) is 0 Å². The molecule has 1 atom stereocenters. The summed E-state index contributed by atoms with van der Waals surface area (Å²) >= 11 is 0. The van der Waals surface area contributed by atoms with E-state index >= 15 is 0 Å². The van der Waals surface area contributed by atoms with Crippen molar-refractivity contribution in [3.05, 3.63) is 39.4 Å². The fourth-order valence-electron chi connectivity index (χ4n) is 1.83. The van der Waals surface area contributed by atoms with Gasteiger partial charge < -0.3 is 10.4 Å². The van der Waals surface area contributed by atoms with Crippen LogP contribution >= 0.6 is 0 Å². The number of nitrogens with zero attached hydrogens (tertiary/aromatic N) is 1. The van der Waals surface area contributed by atoms with Crippen molar-refractivity contribution in [2.24, 2.45) is 5.92 Å². The lowest BCUT2D eigenvalue weighted by Gasteiger charge is -2.18. The van der Waals surface area contributed by atoms with Gasteiger partial charge in [0.1, 0.15) is 11.6 Å². The Morgan fingerprint density at radius 3 is 2.40 bits per heavy atom. The molecule has 1 amide bonds. The molecule has 0 bridgehead atoms. The van der Waals surface area contributed by atoms with Gasteiger partial charge in [-0.05, 0) is 18.4 Å². The number of rotatable bonds is 5. The molecular weight excluding hydrogens is 264 g/mol. The van der Waals surface area contributed by atoms with Crippen molar-refractivity contribution in [1.82, 2.24) is 5.32 Å². The fraction of sp³-hybridized carbons (Fsp3) is 0.385. The van der Waals surface area contributed by atoms with Crippen molar-refractivity contribution >= 4 is 17.6 Å². The van der Waals surface area contributed by atoms with Crippen LogP contribution in [-0.4, -0.2) is 27.9 Å². The first-order valence-corrected chi connectivity index (χ1v) is 6.03. The summed E-state index contributed by atoms with van der Waals surface area (Å²) in [5.41, 5.74) is -0.0237. The lowest BCUT2D eigenvalue weighted by atomic mass is 10.0. The van der Waals surface area contributed by atoms with Crippen LogP contribution in [0.5, 0.6) is 0 Å². The quantitative estimate of drug-likeness (QED) is 0.630. The highest BCUT2D eigenvalue weighted by Crippen LogP contribution is 2.22. The average Bonchev–Trinajstić information content (AvgIpc) is 2.34. The van der Waals surface area contributed by atoms with Gasteiger partial charge in [0.2, 0.25) is 0 Å². The Labute approximate surface area is 115 Å². The predicted octanol–water partition coefficient (Wildman–Crippen LogP) is 1.74. The van der Waals surface area contributed by atoms with Gasteiger partial charge in [-0.1, -0.05) is 26.0 Å². The van der Waals surface area contributed by atoms with Crippen LogP contribution in [0.25, 0.3) is 0 Å². The zero-order chi connectivity index (χ0) is 15.4. The highest BCUT2D eigenvalue weighted by atomic mass is 16.6. The number of carboxylic acids is 1. The smallest absolute Gasteiger partial charge is 0.326 e. The van der Waals surface area contributed by atoms with Crippen LogP contribution < -0.4 is 5.32 Å². The highest BCUT2D eigenvalue weighted by molar-refractivity contribution is 6.01. The number of benzene rings is 1. The minimum Gasteiger partial charge on any atom is -0.480 e. The molecule has 20 heavy (non-hydrogen) atoms. The summed E-state index contributed by atoms with van der Waals surface area (Å²) in [4.78, 5) is 33.5. The fourth-order valence-corrected chi connectivity index (χ4v) is 1.83. The van der Waals surface area contributed by atoms with Crippen LogP contribution in [-0.2, 0) is 4.79 Å². The maximum absolute atomic E-state index is 12.1. The molecule has 7 heteroatoms. The maximum atomic E-state index is 12.1. The summed E-state index contributed by atoms with van der Waals surface area (Å²) in [6.45, 7) is 4.85. The lowest BCUT2D eigenvalue weighted by molar-refractivity contribution is -0.385. The third kappa shape index (κ3) is 3.31. The first kappa shape index (κ1) is 15.6. The van der Waals surface area contributed by atoms with Crippen LogP contribution in [0.3, 0.4) is 0 Å². The Hall–Kier alpha value is -2.44. The van der Waals surface area contributed by atoms with Crippen molar-refractivity contribution < 1.29 is 19.6 Å². The molecule has 0 aliphatic carbocycles. The van der Waals surface area contributed by atoms with Crippen LogP contribution in [0.1, 0.15) is 29.8 Å². The summed E-state index contributed by atoms with van der Waals surface area (Å²) < 4.78 is 0. The SMILES string of the molecule is Cc1cccc([N+](=O)[O-])c1C(=O)N[C@H](C(=O)O)C(C)C. The van der Waals surface area contributed by atoms with Gasteiger partial charge in [-0.3, -0.25) is 14.9 Å². The number of nitro benzene ring substituents is 1. The van der Waals surface area contributed by atoms with Gasteiger partial charge in [0.05, 0.1) is 4.92 Å². The molecule has 0 aromatic heterocycles. The predicted molar refractivity (Wildman–Crippen MR) is 71.6 cm³/mol. The van der Waals surface area contributed by atoms with Crippen molar-refractivity contribution in [3.8, 4) is 0 Å². The number of carboxylic acid groups (broad SMARTS) is 1. The summed E-state index contributed by atoms with van der Waals surface area (Å²) in [6, 6.07) is 3.16. The van der Waals surface area contributed by atoms with Crippen LogP contribution in [0, 0.1) is 23.0 Å². The summed E-state index contributed by atoms with van der Waals surface area (Å²) in [6.07, 6.45) is 0. The number of aliphatic carboxylic acids is 1. The van der Waals surface area contributed by atoms with Crippen LogP contribution in [0.15, 0.2) is 18.2 Å². The molecule has 0 radical (unpaired) electrons. The second-order valence-corrected chi connectivity index (χ2v) is 4.76.